The Labute approximate surface area is 119 Å². The molecule has 4 nitrogen and oxygen atoms in total. The highest BCUT2D eigenvalue weighted by Crippen LogP contribution is 2.25. The third-order valence-corrected chi connectivity index (χ3v) is 3.69. The molecule has 0 unspecified atom stereocenters. The smallest absolute Gasteiger partial charge is 0.134 e. The average molecular weight is 268 g/mol. The van der Waals surface area contributed by atoms with Crippen molar-refractivity contribution in [2.24, 2.45) is 5.73 Å². The van der Waals surface area contributed by atoms with Crippen LogP contribution in [0.1, 0.15) is 29.8 Å². The van der Waals surface area contributed by atoms with Gasteiger partial charge in [-0.1, -0.05) is 6.07 Å². The van der Waals surface area contributed by atoms with Crippen LogP contribution in [0.25, 0.3) is 0 Å². The molecule has 0 amide bonds. The van der Waals surface area contributed by atoms with Crippen molar-refractivity contribution < 1.29 is 0 Å². The summed E-state index contributed by atoms with van der Waals surface area (Å²) in [6.07, 6.45) is 7.49. The highest BCUT2D eigenvalue weighted by Gasteiger charge is 2.09. The molecule has 0 radical (unpaired) electrons. The van der Waals surface area contributed by atoms with Crippen molar-refractivity contribution in [2.45, 2.75) is 32.1 Å². The lowest BCUT2D eigenvalue weighted by molar-refractivity contribution is 0.686. The molecule has 3 N–H and O–H groups in total. The van der Waals surface area contributed by atoms with Crippen LogP contribution in [0.2, 0.25) is 0 Å². The number of aryl methyl sites for hydroxylation is 2. The van der Waals surface area contributed by atoms with Gasteiger partial charge in [-0.15, -0.1) is 0 Å². The molecule has 0 saturated heterocycles. The highest BCUT2D eigenvalue weighted by molar-refractivity contribution is 5.58. The Balaban J connectivity index is 1.78. The molecule has 0 fully saturated rings. The Kier molecular flexibility index (Phi) is 3.92. The van der Waals surface area contributed by atoms with Crippen molar-refractivity contribution in [1.29, 1.82) is 0 Å². The van der Waals surface area contributed by atoms with E-state index in [4.69, 9.17) is 5.73 Å². The van der Waals surface area contributed by atoms with Gasteiger partial charge in [0.2, 0.25) is 0 Å². The predicted octanol–water partition coefficient (Wildman–Crippen LogP) is 2.60. The molecule has 2 aromatic rings. The number of anilines is 2. The molecule has 0 aliphatic heterocycles. The van der Waals surface area contributed by atoms with Gasteiger partial charge in [0.15, 0.2) is 0 Å². The van der Waals surface area contributed by atoms with E-state index in [0.717, 1.165) is 17.3 Å². The van der Waals surface area contributed by atoms with Gasteiger partial charge >= 0.3 is 0 Å². The van der Waals surface area contributed by atoms with Crippen LogP contribution in [-0.4, -0.2) is 16.5 Å². The summed E-state index contributed by atoms with van der Waals surface area (Å²) in [7, 11) is 0. The zero-order chi connectivity index (χ0) is 13.8. The Morgan fingerprint density at radius 3 is 2.80 bits per heavy atom. The maximum Gasteiger partial charge on any atom is 0.134 e. The molecular formula is C16H20N4. The molecule has 1 heterocycles. The van der Waals surface area contributed by atoms with Gasteiger partial charge in [0.1, 0.15) is 11.6 Å². The fourth-order valence-corrected chi connectivity index (χ4v) is 2.68. The molecule has 0 atom stereocenters. The number of benzene rings is 1. The standard InChI is InChI=1S/C16H20N4/c17-9-7-15-18-10-8-16(20-15)19-14-6-5-12-3-1-2-4-13(12)11-14/h5-6,8,10-11H,1-4,7,9,17H2,(H,18,19,20). The summed E-state index contributed by atoms with van der Waals surface area (Å²) in [6, 6.07) is 8.51. The predicted molar refractivity (Wildman–Crippen MR) is 81.2 cm³/mol. The van der Waals surface area contributed by atoms with E-state index >= 15 is 0 Å². The van der Waals surface area contributed by atoms with Crippen LogP contribution in [0.15, 0.2) is 30.5 Å². The summed E-state index contributed by atoms with van der Waals surface area (Å²) in [5.41, 5.74) is 9.60. The van der Waals surface area contributed by atoms with Gasteiger partial charge in [-0.3, -0.25) is 0 Å². The fourth-order valence-electron chi connectivity index (χ4n) is 2.68. The minimum Gasteiger partial charge on any atom is -0.340 e. The zero-order valence-electron chi connectivity index (χ0n) is 11.6. The Morgan fingerprint density at radius 1 is 1.10 bits per heavy atom. The summed E-state index contributed by atoms with van der Waals surface area (Å²) in [6.45, 7) is 0.572. The lowest BCUT2D eigenvalue weighted by atomic mass is 9.91. The summed E-state index contributed by atoms with van der Waals surface area (Å²) >= 11 is 0. The molecule has 1 aliphatic rings. The largest absolute Gasteiger partial charge is 0.340 e. The third-order valence-electron chi connectivity index (χ3n) is 3.69. The van der Waals surface area contributed by atoms with E-state index in [1.807, 2.05) is 6.07 Å². The number of hydrogen-bond acceptors (Lipinski definition) is 4. The van der Waals surface area contributed by atoms with E-state index in [1.54, 1.807) is 6.20 Å². The highest BCUT2D eigenvalue weighted by atomic mass is 15.0. The topological polar surface area (TPSA) is 63.8 Å². The van der Waals surface area contributed by atoms with Crippen LogP contribution >= 0.6 is 0 Å². The molecule has 3 rings (SSSR count). The van der Waals surface area contributed by atoms with Gasteiger partial charge in [0.05, 0.1) is 0 Å². The second-order valence-electron chi connectivity index (χ2n) is 5.21. The summed E-state index contributed by atoms with van der Waals surface area (Å²) < 4.78 is 0. The molecule has 1 aromatic heterocycles. The molecular weight excluding hydrogens is 248 g/mol. The second kappa shape index (κ2) is 6.01. The van der Waals surface area contributed by atoms with Crippen molar-refractivity contribution in [3.05, 3.63) is 47.4 Å². The molecule has 0 spiro atoms. The molecule has 1 aliphatic carbocycles. The summed E-state index contributed by atoms with van der Waals surface area (Å²) in [4.78, 5) is 8.68. The Morgan fingerprint density at radius 2 is 1.95 bits per heavy atom. The Hall–Kier alpha value is -1.94. The first-order chi connectivity index (χ1) is 9.85. The van der Waals surface area contributed by atoms with Crippen LogP contribution in [0.3, 0.4) is 0 Å². The van der Waals surface area contributed by atoms with E-state index in [0.29, 0.717) is 13.0 Å². The molecule has 4 heteroatoms. The SMILES string of the molecule is NCCc1nccc(Nc2ccc3c(c2)CCCC3)n1. The number of nitrogens with two attached hydrogens (primary N) is 1. The van der Waals surface area contributed by atoms with Gasteiger partial charge in [-0.2, -0.15) is 0 Å². The van der Waals surface area contributed by atoms with Crippen molar-refractivity contribution in [3.63, 3.8) is 0 Å². The minimum absolute atomic E-state index is 0.572. The second-order valence-corrected chi connectivity index (χ2v) is 5.21. The maximum absolute atomic E-state index is 5.54. The average Bonchev–Trinajstić information content (AvgIpc) is 2.48. The maximum atomic E-state index is 5.54. The van der Waals surface area contributed by atoms with Crippen LogP contribution < -0.4 is 11.1 Å². The molecule has 1 aromatic carbocycles. The van der Waals surface area contributed by atoms with E-state index < -0.39 is 0 Å². The van der Waals surface area contributed by atoms with Gasteiger partial charge in [-0.05, 0) is 61.6 Å². The lowest BCUT2D eigenvalue weighted by Gasteiger charge is -2.17. The number of nitrogens with zero attached hydrogens (tertiary/aromatic N) is 2. The number of nitrogens with one attached hydrogen (secondary N) is 1. The first-order valence-electron chi connectivity index (χ1n) is 7.26. The van der Waals surface area contributed by atoms with E-state index in [2.05, 4.69) is 33.5 Å². The molecule has 104 valence electrons. The van der Waals surface area contributed by atoms with Crippen LogP contribution in [0.5, 0.6) is 0 Å². The fraction of sp³-hybridized carbons (Fsp3) is 0.375. The number of rotatable bonds is 4. The third kappa shape index (κ3) is 2.96. The van der Waals surface area contributed by atoms with E-state index in [9.17, 15) is 0 Å². The number of hydrogen-bond donors (Lipinski definition) is 2. The van der Waals surface area contributed by atoms with Gasteiger partial charge < -0.3 is 11.1 Å². The molecule has 20 heavy (non-hydrogen) atoms. The van der Waals surface area contributed by atoms with Crippen molar-refractivity contribution in [1.82, 2.24) is 9.97 Å². The first kappa shape index (κ1) is 13.1. The molecule has 0 saturated carbocycles. The Bertz CT molecular complexity index is 595. The summed E-state index contributed by atoms with van der Waals surface area (Å²) in [5.74, 6) is 1.62. The van der Waals surface area contributed by atoms with E-state index in [-0.39, 0.29) is 0 Å². The van der Waals surface area contributed by atoms with Crippen molar-refractivity contribution >= 4 is 11.5 Å². The van der Waals surface area contributed by atoms with Crippen LogP contribution in [0, 0.1) is 0 Å². The normalized spacial score (nSPS) is 13.8. The van der Waals surface area contributed by atoms with Gasteiger partial charge in [-0.25, -0.2) is 9.97 Å². The number of fused-ring (bicyclic) bond motifs is 1. The lowest BCUT2D eigenvalue weighted by Crippen LogP contribution is -2.07. The van der Waals surface area contributed by atoms with Crippen LogP contribution in [-0.2, 0) is 19.3 Å². The minimum atomic E-state index is 0.572. The quantitative estimate of drug-likeness (QED) is 0.894. The number of aromatic nitrogens is 2. The zero-order valence-corrected chi connectivity index (χ0v) is 11.6. The van der Waals surface area contributed by atoms with Crippen molar-refractivity contribution in [3.8, 4) is 0 Å². The molecule has 0 bridgehead atoms. The monoisotopic (exact) mass is 268 g/mol. The van der Waals surface area contributed by atoms with Crippen LogP contribution in [0.4, 0.5) is 11.5 Å². The van der Waals surface area contributed by atoms with Crippen molar-refractivity contribution in [2.75, 3.05) is 11.9 Å². The van der Waals surface area contributed by atoms with E-state index in [1.165, 1.54) is 36.8 Å². The first-order valence-corrected chi connectivity index (χ1v) is 7.26. The summed E-state index contributed by atoms with van der Waals surface area (Å²) in [5, 5.41) is 3.36. The van der Waals surface area contributed by atoms with Gasteiger partial charge in [0.25, 0.3) is 0 Å². The van der Waals surface area contributed by atoms with Gasteiger partial charge in [0, 0.05) is 18.3 Å².